The van der Waals surface area contributed by atoms with Crippen LogP contribution in [-0.2, 0) is 19.2 Å². The highest BCUT2D eigenvalue weighted by Crippen LogP contribution is 2.12. The molecule has 0 aliphatic rings. The number of thiol groups is 1. The Hall–Kier alpha value is -1.49. The van der Waals surface area contributed by atoms with E-state index < -0.39 is 41.0 Å². The van der Waals surface area contributed by atoms with Crippen molar-refractivity contribution in [2.75, 3.05) is 5.75 Å². The number of nitrogens with two attached hydrogens (primary N) is 5. The van der Waals surface area contributed by atoms with Gasteiger partial charge >= 0.3 is 0 Å². The topological polar surface area (TPSA) is 198 Å². The third-order valence-corrected chi connectivity index (χ3v) is 3.13. The summed E-state index contributed by atoms with van der Waals surface area (Å²) in [7, 11) is 0. The van der Waals surface area contributed by atoms with Crippen molar-refractivity contribution in [2.45, 2.75) is 30.5 Å². The minimum absolute atomic E-state index is 0.130. The number of ketones is 2. The summed E-state index contributed by atoms with van der Waals surface area (Å²) >= 11 is 3.79. The van der Waals surface area contributed by atoms with Crippen molar-refractivity contribution in [3.63, 3.8) is 0 Å². The zero-order valence-corrected chi connectivity index (χ0v) is 11.6. The lowest BCUT2D eigenvalue weighted by molar-refractivity contribution is -0.142. The molecular formula is C10H19N5O4S. The Kier molecular flexibility index (Phi) is 6.79. The number of amides is 2. The normalized spacial score (nSPS) is 16.8. The fourth-order valence-corrected chi connectivity index (χ4v) is 1.63. The molecule has 0 rings (SSSR count). The third-order valence-electron chi connectivity index (χ3n) is 2.74. The van der Waals surface area contributed by atoms with Gasteiger partial charge in [-0.1, -0.05) is 0 Å². The molecule has 114 valence electrons. The average Bonchev–Trinajstić information content (AvgIpc) is 2.40. The van der Waals surface area contributed by atoms with E-state index in [1.807, 2.05) is 0 Å². The van der Waals surface area contributed by atoms with Crippen molar-refractivity contribution >= 4 is 36.0 Å². The molecule has 0 saturated carbocycles. The lowest BCUT2D eigenvalue weighted by Crippen LogP contribution is -2.70. The van der Waals surface area contributed by atoms with Crippen LogP contribution < -0.4 is 28.7 Å². The van der Waals surface area contributed by atoms with Gasteiger partial charge in [0.15, 0.2) is 11.6 Å². The van der Waals surface area contributed by atoms with Crippen molar-refractivity contribution in [1.29, 1.82) is 0 Å². The molecule has 3 unspecified atom stereocenters. The summed E-state index contributed by atoms with van der Waals surface area (Å²) in [5, 5.41) is 0. The van der Waals surface area contributed by atoms with Gasteiger partial charge in [0.05, 0.1) is 12.1 Å². The number of primary amides is 2. The van der Waals surface area contributed by atoms with Crippen LogP contribution in [0, 0.1) is 0 Å². The van der Waals surface area contributed by atoms with E-state index in [2.05, 4.69) is 12.6 Å². The summed E-state index contributed by atoms with van der Waals surface area (Å²) in [6.45, 7) is 0. The summed E-state index contributed by atoms with van der Waals surface area (Å²) in [6.07, 6.45) is -0.363. The Balaban J connectivity index is 5.26. The summed E-state index contributed by atoms with van der Waals surface area (Å²) in [5.74, 6) is -4.35. The molecule has 0 aromatic rings. The SMILES string of the molecule is NC(=O)CCC(N)C(=O)C(N)(C(N)=O)C(=O)C(N)CS. The van der Waals surface area contributed by atoms with Crippen LogP contribution in [0.4, 0.5) is 0 Å². The molecule has 0 heterocycles. The summed E-state index contributed by atoms with van der Waals surface area (Å²) in [4.78, 5) is 46.1. The quantitative estimate of drug-likeness (QED) is 0.185. The summed E-state index contributed by atoms with van der Waals surface area (Å²) in [5.41, 5.74) is 23.8. The average molecular weight is 305 g/mol. The number of rotatable bonds is 9. The molecular weight excluding hydrogens is 286 g/mol. The molecule has 0 aliphatic heterocycles. The molecule has 10 heteroatoms. The zero-order valence-electron chi connectivity index (χ0n) is 10.7. The zero-order chi connectivity index (χ0) is 16.1. The Bertz CT molecular complexity index is 430. The van der Waals surface area contributed by atoms with Gasteiger partial charge in [-0.05, 0) is 6.42 Å². The number of hydrogen-bond donors (Lipinski definition) is 6. The van der Waals surface area contributed by atoms with Gasteiger partial charge < -0.3 is 28.7 Å². The summed E-state index contributed by atoms with van der Waals surface area (Å²) < 4.78 is 0. The van der Waals surface area contributed by atoms with Gasteiger partial charge in [0.1, 0.15) is 0 Å². The molecule has 3 atom stereocenters. The minimum atomic E-state index is -2.64. The standard InChI is InChI=1S/C10H19N5O4S/c11-4(1-2-6(13)16)7(17)10(15,9(14)19)8(18)5(12)3-20/h4-5,20H,1-3,11-12,15H2,(H2,13,16)(H2,14,19). The first kappa shape index (κ1) is 18.5. The van der Waals surface area contributed by atoms with Gasteiger partial charge in [-0.25, -0.2) is 0 Å². The highest BCUT2D eigenvalue weighted by atomic mass is 32.1. The predicted molar refractivity (Wildman–Crippen MR) is 74.4 cm³/mol. The first-order valence-electron chi connectivity index (χ1n) is 5.66. The molecule has 0 fully saturated rings. The van der Waals surface area contributed by atoms with Crippen molar-refractivity contribution < 1.29 is 19.2 Å². The molecule has 0 radical (unpaired) electrons. The van der Waals surface area contributed by atoms with Crippen LogP contribution in [0.25, 0.3) is 0 Å². The maximum absolute atomic E-state index is 12.1. The fraction of sp³-hybridized carbons (Fsp3) is 0.600. The van der Waals surface area contributed by atoms with Crippen molar-refractivity contribution in [3.8, 4) is 0 Å². The van der Waals surface area contributed by atoms with Gasteiger partial charge in [0, 0.05) is 12.2 Å². The van der Waals surface area contributed by atoms with Crippen molar-refractivity contribution in [2.24, 2.45) is 28.7 Å². The molecule has 9 nitrogen and oxygen atoms in total. The maximum atomic E-state index is 12.1. The van der Waals surface area contributed by atoms with E-state index in [-0.39, 0.29) is 18.6 Å². The van der Waals surface area contributed by atoms with Gasteiger partial charge in [0.2, 0.25) is 11.4 Å². The van der Waals surface area contributed by atoms with Gasteiger partial charge in [0.25, 0.3) is 5.91 Å². The lowest BCUT2D eigenvalue weighted by atomic mass is 9.82. The molecule has 0 saturated heterocycles. The number of carbonyl (C=O) groups is 4. The van der Waals surface area contributed by atoms with Crippen LogP contribution in [0.5, 0.6) is 0 Å². The lowest BCUT2D eigenvalue weighted by Gasteiger charge is -2.27. The van der Waals surface area contributed by atoms with Crippen LogP contribution in [0.15, 0.2) is 0 Å². The van der Waals surface area contributed by atoms with Gasteiger partial charge in [-0.15, -0.1) is 0 Å². The Morgan fingerprint density at radius 3 is 1.80 bits per heavy atom. The molecule has 0 aliphatic carbocycles. The molecule has 0 bridgehead atoms. The van der Waals surface area contributed by atoms with E-state index in [1.165, 1.54) is 0 Å². The van der Waals surface area contributed by atoms with Crippen molar-refractivity contribution in [3.05, 3.63) is 0 Å². The second-order valence-electron chi connectivity index (χ2n) is 4.30. The molecule has 10 N–H and O–H groups in total. The fourth-order valence-electron chi connectivity index (χ4n) is 1.46. The number of hydrogen-bond acceptors (Lipinski definition) is 8. The van der Waals surface area contributed by atoms with E-state index in [0.29, 0.717) is 0 Å². The predicted octanol–water partition coefficient (Wildman–Crippen LogP) is -3.84. The van der Waals surface area contributed by atoms with Crippen LogP contribution in [0.3, 0.4) is 0 Å². The van der Waals surface area contributed by atoms with Crippen LogP contribution >= 0.6 is 12.6 Å². The Morgan fingerprint density at radius 1 is 1.00 bits per heavy atom. The van der Waals surface area contributed by atoms with E-state index >= 15 is 0 Å². The highest BCUT2D eigenvalue weighted by Gasteiger charge is 2.50. The number of carbonyl (C=O) groups excluding carboxylic acids is 4. The second-order valence-corrected chi connectivity index (χ2v) is 4.67. The van der Waals surface area contributed by atoms with Gasteiger partial charge in [-0.3, -0.25) is 19.2 Å². The largest absolute Gasteiger partial charge is 0.370 e. The monoisotopic (exact) mass is 305 g/mol. The highest BCUT2D eigenvalue weighted by molar-refractivity contribution is 7.80. The summed E-state index contributed by atoms with van der Waals surface area (Å²) in [6, 6.07) is -2.58. The molecule has 20 heavy (non-hydrogen) atoms. The van der Waals surface area contributed by atoms with Crippen LogP contribution in [0.2, 0.25) is 0 Å². The van der Waals surface area contributed by atoms with E-state index in [1.54, 1.807) is 0 Å². The first-order chi connectivity index (χ1) is 9.08. The maximum Gasteiger partial charge on any atom is 0.253 e. The minimum Gasteiger partial charge on any atom is -0.370 e. The Labute approximate surface area is 121 Å². The molecule has 0 aromatic carbocycles. The molecule has 2 amide bonds. The smallest absolute Gasteiger partial charge is 0.253 e. The molecule has 0 spiro atoms. The van der Waals surface area contributed by atoms with Gasteiger partial charge in [-0.2, -0.15) is 12.6 Å². The van der Waals surface area contributed by atoms with E-state index in [9.17, 15) is 19.2 Å². The first-order valence-corrected chi connectivity index (χ1v) is 6.30. The van der Waals surface area contributed by atoms with Crippen LogP contribution in [-0.4, -0.2) is 46.8 Å². The Morgan fingerprint density at radius 2 is 1.45 bits per heavy atom. The second kappa shape index (κ2) is 7.33. The van der Waals surface area contributed by atoms with Crippen molar-refractivity contribution in [1.82, 2.24) is 0 Å². The van der Waals surface area contributed by atoms with E-state index in [4.69, 9.17) is 28.7 Å². The van der Waals surface area contributed by atoms with Crippen LogP contribution in [0.1, 0.15) is 12.8 Å². The van der Waals surface area contributed by atoms with E-state index in [0.717, 1.165) is 0 Å². The third kappa shape index (κ3) is 4.00. The molecule has 0 aromatic heterocycles. The number of Topliss-reactive ketones (excluding diaryl/α,β-unsaturated/α-hetero) is 2.